The summed E-state index contributed by atoms with van der Waals surface area (Å²) in [7, 11) is 0. The monoisotopic (exact) mass is 464 g/mol. The molecule has 190 valence electrons. The summed E-state index contributed by atoms with van der Waals surface area (Å²) in [6.45, 7) is 8.00. The third kappa shape index (κ3) is 8.83. The van der Waals surface area contributed by atoms with Gasteiger partial charge in [0.05, 0.1) is 0 Å². The van der Waals surface area contributed by atoms with E-state index in [2.05, 4.69) is 58.4 Å². The normalized spacial score (nSPS) is 40.7. The smallest absolute Gasteiger partial charge is 0.00161 e. The quantitative estimate of drug-likeness (QED) is 0.361. The van der Waals surface area contributed by atoms with Crippen LogP contribution < -0.4 is 0 Å². The molecule has 0 radical (unpaired) electrons. The van der Waals surface area contributed by atoms with Crippen LogP contribution in [-0.4, -0.2) is 49.1 Å². The van der Waals surface area contributed by atoms with Gasteiger partial charge in [-0.25, -0.2) is 0 Å². The van der Waals surface area contributed by atoms with Gasteiger partial charge in [-0.2, -0.15) is 0 Å². The van der Waals surface area contributed by atoms with Crippen LogP contribution in [0.3, 0.4) is 0 Å². The lowest BCUT2D eigenvalue weighted by atomic mass is 9.69. The predicted molar refractivity (Wildman–Crippen MR) is 148 cm³/mol. The summed E-state index contributed by atoms with van der Waals surface area (Å²) in [6, 6.07) is 0. The summed E-state index contributed by atoms with van der Waals surface area (Å²) in [4.78, 5) is 5.70. The molecular weight excluding hydrogens is 412 g/mol. The Balaban J connectivity index is 1.49. The van der Waals surface area contributed by atoms with E-state index in [1.807, 2.05) is 0 Å². The summed E-state index contributed by atoms with van der Waals surface area (Å²) in [5, 5.41) is 0. The fourth-order valence-corrected chi connectivity index (χ4v) is 7.23. The highest BCUT2D eigenvalue weighted by Gasteiger charge is 2.38. The van der Waals surface area contributed by atoms with E-state index >= 15 is 0 Å². The van der Waals surface area contributed by atoms with E-state index in [1.165, 1.54) is 129 Å². The molecule has 5 heterocycles. The van der Waals surface area contributed by atoms with Crippen molar-refractivity contribution in [2.24, 2.45) is 23.7 Å². The van der Waals surface area contributed by atoms with Crippen molar-refractivity contribution >= 4 is 0 Å². The average Bonchev–Trinajstić information content (AvgIpc) is 2.85. The van der Waals surface area contributed by atoms with Crippen molar-refractivity contribution in [2.45, 2.75) is 89.9 Å². The number of nitrogens with zero attached hydrogens (tertiary/aromatic N) is 2. The van der Waals surface area contributed by atoms with Gasteiger partial charge in [0, 0.05) is 26.2 Å². The molecule has 0 spiro atoms. The molecule has 0 aliphatic carbocycles. The van der Waals surface area contributed by atoms with Crippen LogP contribution in [0.15, 0.2) is 48.6 Å². The summed E-state index contributed by atoms with van der Waals surface area (Å²) >= 11 is 0. The van der Waals surface area contributed by atoms with E-state index in [0.29, 0.717) is 0 Å². The van der Waals surface area contributed by atoms with Gasteiger partial charge in [-0.3, -0.25) is 0 Å². The lowest BCUT2D eigenvalue weighted by molar-refractivity contribution is 0.0195. The molecule has 5 aliphatic rings. The fraction of sp³-hybridized carbons (Fsp3) is 0.750. The lowest BCUT2D eigenvalue weighted by Gasteiger charge is -2.47. The molecular formula is C32H52N2. The first-order valence-electron chi connectivity index (χ1n) is 15.0. The predicted octanol–water partition coefficient (Wildman–Crippen LogP) is 7.80. The van der Waals surface area contributed by atoms with E-state index in [4.69, 9.17) is 0 Å². The fourth-order valence-electron chi connectivity index (χ4n) is 7.23. The first-order chi connectivity index (χ1) is 16.9. The number of hydrogen-bond donors (Lipinski definition) is 0. The van der Waals surface area contributed by atoms with E-state index < -0.39 is 0 Å². The van der Waals surface area contributed by atoms with Gasteiger partial charge in [0.1, 0.15) is 0 Å². The molecule has 0 saturated carbocycles. The Labute approximate surface area is 211 Å². The molecule has 34 heavy (non-hydrogen) atoms. The maximum absolute atomic E-state index is 2.89. The third-order valence-electron chi connectivity index (χ3n) is 9.03. The van der Waals surface area contributed by atoms with Crippen LogP contribution in [0.1, 0.15) is 89.9 Å². The van der Waals surface area contributed by atoms with Gasteiger partial charge in [0.2, 0.25) is 0 Å². The van der Waals surface area contributed by atoms with Crippen molar-refractivity contribution in [2.75, 3.05) is 39.3 Å². The zero-order chi connectivity index (χ0) is 23.3. The Morgan fingerprint density at radius 3 is 1.97 bits per heavy atom. The van der Waals surface area contributed by atoms with Gasteiger partial charge in [-0.05, 0) is 107 Å². The second kappa shape index (κ2) is 15.1. The van der Waals surface area contributed by atoms with Crippen LogP contribution in [0.5, 0.6) is 0 Å². The molecule has 0 aromatic carbocycles. The summed E-state index contributed by atoms with van der Waals surface area (Å²) in [5.41, 5.74) is 0. The molecule has 0 amide bonds. The van der Waals surface area contributed by atoms with Crippen LogP contribution in [0.25, 0.3) is 0 Å². The number of rotatable bonds is 0. The molecule has 0 N–H and O–H groups in total. The Hall–Kier alpha value is -1.12. The SMILES string of the molecule is C1=C\CCCCC[C@@H]2CN3CC/C=C\C=C/CCCC[C@H]4C[C@H](CN(CCC\C=C/1)C4)[C@H]2CC3. The zero-order valence-corrected chi connectivity index (χ0v) is 22.0. The Bertz CT molecular complexity index is 674. The molecule has 2 nitrogen and oxygen atoms in total. The zero-order valence-electron chi connectivity index (χ0n) is 22.0. The van der Waals surface area contributed by atoms with Crippen molar-refractivity contribution in [3.63, 3.8) is 0 Å². The van der Waals surface area contributed by atoms with E-state index in [9.17, 15) is 0 Å². The molecule has 2 fully saturated rings. The molecule has 5 aliphatic heterocycles. The van der Waals surface area contributed by atoms with Crippen molar-refractivity contribution in [1.29, 1.82) is 0 Å². The minimum absolute atomic E-state index is 0.923. The molecule has 2 heteroatoms. The summed E-state index contributed by atoms with van der Waals surface area (Å²) in [6.07, 6.45) is 37.9. The van der Waals surface area contributed by atoms with Gasteiger partial charge in [0.15, 0.2) is 0 Å². The average molecular weight is 465 g/mol. The Morgan fingerprint density at radius 1 is 0.471 bits per heavy atom. The summed E-state index contributed by atoms with van der Waals surface area (Å²) in [5.74, 6) is 3.75. The van der Waals surface area contributed by atoms with E-state index in [1.54, 1.807) is 0 Å². The second-order valence-corrected chi connectivity index (χ2v) is 11.7. The lowest BCUT2D eigenvalue weighted by Crippen LogP contribution is -2.49. The van der Waals surface area contributed by atoms with Crippen LogP contribution in [0.4, 0.5) is 0 Å². The van der Waals surface area contributed by atoms with Crippen molar-refractivity contribution < 1.29 is 0 Å². The molecule has 6 bridgehead atoms. The van der Waals surface area contributed by atoms with Gasteiger partial charge < -0.3 is 9.80 Å². The highest BCUT2D eigenvalue weighted by Crippen LogP contribution is 2.40. The Kier molecular flexibility index (Phi) is 11.5. The van der Waals surface area contributed by atoms with Gasteiger partial charge in [-0.15, -0.1) is 0 Å². The molecule has 2 unspecified atom stereocenters. The van der Waals surface area contributed by atoms with Crippen LogP contribution in [-0.2, 0) is 0 Å². The molecule has 2 saturated heterocycles. The maximum Gasteiger partial charge on any atom is 0.00161 e. The van der Waals surface area contributed by atoms with Crippen molar-refractivity contribution in [1.82, 2.24) is 9.80 Å². The molecule has 6 atom stereocenters. The highest BCUT2D eigenvalue weighted by molar-refractivity contribution is 5.03. The van der Waals surface area contributed by atoms with Crippen LogP contribution in [0, 0.1) is 23.7 Å². The molecule has 5 rings (SSSR count). The summed E-state index contributed by atoms with van der Waals surface area (Å²) < 4.78 is 0. The minimum Gasteiger partial charge on any atom is -0.303 e. The number of allylic oxidation sites excluding steroid dienone is 7. The third-order valence-corrected chi connectivity index (χ3v) is 9.03. The van der Waals surface area contributed by atoms with E-state index in [-0.39, 0.29) is 0 Å². The molecule has 0 aromatic heterocycles. The van der Waals surface area contributed by atoms with Crippen LogP contribution in [0.2, 0.25) is 0 Å². The molecule has 0 aromatic rings. The number of fused-ring (bicyclic) bond motifs is 9. The first-order valence-corrected chi connectivity index (χ1v) is 15.0. The largest absolute Gasteiger partial charge is 0.303 e. The first kappa shape index (κ1) is 26.0. The van der Waals surface area contributed by atoms with Crippen molar-refractivity contribution in [3.8, 4) is 0 Å². The van der Waals surface area contributed by atoms with Gasteiger partial charge in [0.25, 0.3) is 0 Å². The minimum atomic E-state index is 0.923. The van der Waals surface area contributed by atoms with Crippen molar-refractivity contribution in [3.05, 3.63) is 48.6 Å². The highest BCUT2D eigenvalue weighted by atomic mass is 15.1. The second-order valence-electron chi connectivity index (χ2n) is 11.7. The van der Waals surface area contributed by atoms with Gasteiger partial charge in [-0.1, -0.05) is 67.9 Å². The standard InChI is InChI=1S/C32H52N2/c1-2-5-10-14-18-23-34-26-29-19-15-11-7-4-6-9-13-17-22-33-24-21-32(31(25-29)28-34)30(27-33)20-16-12-8-3-1/h1-2,4-6,9-10,13,29-32H,3,7-8,11-12,14-28H2/b2-1-,6-4-,10-5-,13-9-/t29-,30+,31+,32-/m0/s1. The van der Waals surface area contributed by atoms with E-state index in [0.717, 1.165) is 23.7 Å². The Morgan fingerprint density at radius 2 is 1.15 bits per heavy atom. The maximum atomic E-state index is 2.89. The topological polar surface area (TPSA) is 6.48 Å². The van der Waals surface area contributed by atoms with Gasteiger partial charge >= 0.3 is 0 Å². The van der Waals surface area contributed by atoms with Crippen LogP contribution >= 0.6 is 0 Å². The number of piperidine rings is 2. The number of hydrogen-bond acceptors (Lipinski definition) is 2.